The highest BCUT2D eigenvalue weighted by Crippen LogP contribution is 2.25. The number of benzene rings is 2. The molecular weight excluding hydrogens is 376 g/mol. The average molecular weight is 396 g/mol. The zero-order valence-electron chi connectivity index (χ0n) is 15.4. The minimum absolute atomic E-state index is 0.0784. The molecule has 0 atom stereocenters. The lowest BCUT2D eigenvalue weighted by molar-refractivity contribution is -0.384. The minimum Gasteiger partial charge on any atom is -0.378 e. The smallest absolute Gasteiger partial charge is 0.270 e. The van der Waals surface area contributed by atoms with Crippen LogP contribution in [0.15, 0.2) is 58.9 Å². The summed E-state index contributed by atoms with van der Waals surface area (Å²) in [5, 5.41) is 15.4. The summed E-state index contributed by atoms with van der Waals surface area (Å²) >= 11 is 1.53. The Morgan fingerprint density at radius 3 is 2.68 bits per heavy atom. The van der Waals surface area contributed by atoms with Crippen LogP contribution in [0.1, 0.15) is 5.56 Å². The van der Waals surface area contributed by atoms with Crippen LogP contribution in [0.2, 0.25) is 0 Å². The molecule has 7 nitrogen and oxygen atoms in total. The monoisotopic (exact) mass is 396 g/mol. The molecule has 0 saturated carbocycles. The molecule has 1 aliphatic heterocycles. The maximum Gasteiger partial charge on any atom is 0.270 e. The van der Waals surface area contributed by atoms with E-state index in [-0.39, 0.29) is 10.6 Å². The van der Waals surface area contributed by atoms with Crippen molar-refractivity contribution in [2.45, 2.75) is 6.92 Å². The van der Waals surface area contributed by atoms with E-state index < -0.39 is 0 Å². The maximum absolute atomic E-state index is 11.2. The van der Waals surface area contributed by atoms with Gasteiger partial charge in [-0.15, -0.1) is 11.3 Å². The van der Waals surface area contributed by atoms with Gasteiger partial charge in [-0.1, -0.05) is 30.3 Å². The normalized spacial score (nSPS) is 15.0. The summed E-state index contributed by atoms with van der Waals surface area (Å²) in [5.74, 6) is 0. The van der Waals surface area contributed by atoms with Gasteiger partial charge < -0.3 is 9.75 Å². The second-order valence-corrected chi connectivity index (χ2v) is 7.32. The highest BCUT2D eigenvalue weighted by atomic mass is 32.1. The fraction of sp³-hybridized carbons (Fsp3) is 0.250. The molecular formula is C20H20N4O3S. The van der Waals surface area contributed by atoms with Crippen molar-refractivity contribution >= 4 is 22.7 Å². The quantitative estimate of drug-likeness (QED) is 0.499. The molecule has 0 unspecified atom stereocenters. The molecule has 28 heavy (non-hydrogen) atoms. The predicted molar refractivity (Wildman–Crippen MR) is 110 cm³/mol. The molecule has 1 aliphatic rings. The van der Waals surface area contributed by atoms with Crippen molar-refractivity contribution in [3.8, 4) is 11.3 Å². The number of nitro benzene ring substituents is 1. The van der Waals surface area contributed by atoms with Crippen molar-refractivity contribution in [1.82, 2.24) is 4.68 Å². The van der Waals surface area contributed by atoms with E-state index in [4.69, 9.17) is 9.73 Å². The zero-order chi connectivity index (χ0) is 19.5. The van der Waals surface area contributed by atoms with Gasteiger partial charge in [-0.2, -0.15) is 0 Å². The number of hydrogen-bond donors (Lipinski definition) is 0. The molecule has 4 rings (SSSR count). The molecule has 2 aromatic carbocycles. The Hall–Kier alpha value is -2.97. The highest BCUT2D eigenvalue weighted by Gasteiger charge is 2.19. The molecule has 144 valence electrons. The maximum atomic E-state index is 11.2. The molecule has 8 heteroatoms. The highest BCUT2D eigenvalue weighted by molar-refractivity contribution is 7.07. The van der Waals surface area contributed by atoms with Crippen LogP contribution in [0, 0.1) is 17.0 Å². The number of para-hydroxylation sites is 1. The second kappa shape index (κ2) is 7.95. The van der Waals surface area contributed by atoms with Crippen LogP contribution in [-0.4, -0.2) is 35.9 Å². The first kappa shape index (κ1) is 18.4. The summed E-state index contributed by atoms with van der Waals surface area (Å²) in [6, 6.07) is 14.7. The van der Waals surface area contributed by atoms with Gasteiger partial charge >= 0.3 is 0 Å². The topological polar surface area (TPSA) is 72.9 Å². The van der Waals surface area contributed by atoms with E-state index in [1.165, 1.54) is 17.4 Å². The van der Waals surface area contributed by atoms with E-state index in [0.717, 1.165) is 40.4 Å². The molecule has 0 aliphatic carbocycles. The Kier molecular flexibility index (Phi) is 5.23. The van der Waals surface area contributed by atoms with Crippen LogP contribution < -0.4 is 9.81 Å². The number of hydrogen-bond acceptors (Lipinski definition) is 6. The number of thiazole rings is 1. The summed E-state index contributed by atoms with van der Waals surface area (Å²) in [6.45, 7) is 4.79. The van der Waals surface area contributed by atoms with Crippen LogP contribution in [-0.2, 0) is 4.74 Å². The third-order valence-electron chi connectivity index (χ3n) is 4.64. The third kappa shape index (κ3) is 3.69. The van der Waals surface area contributed by atoms with Crippen LogP contribution >= 0.6 is 11.3 Å². The van der Waals surface area contributed by atoms with Crippen LogP contribution in [0.5, 0.6) is 0 Å². The molecule has 0 spiro atoms. The summed E-state index contributed by atoms with van der Waals surface area (Å²) in [4.78, 5) is 16.6. The van der Waals surface area contributed by atoms with E-state index in [1.54, 1.807) is 12.1 Å². The van der Waals surface area contributed by atoms with Crippen molar-refractivity contribution in [1.29, 1.82) is 0 Å². The standard InChI is InChI=1S/C20H20N4O3S/c1-15-5-2-3-8-18(15)21-20-23(22-9-11-27-12-10-22)19(14-28-20)16-6-4-7-17(13-16)24(25)26/h2-8,13-14H,9-12H2,1H3. The summed E-state index contributed by atoms with van der Waals surface area (Å²) in [6.07, 6.45) is 0. The lowest BCUT2D eigenvalue weighted by Crippen LogP contribution is -2.48. The van der Waals surface area contributed by atoms with E-state index >= 15 is 0 Å². The Morgan fingerprint density at radius 1 is 1.14 bits per heavy atom. The number of ether oxygens (including phenoxy) is 1. The van der Waals surface area contributed by atoms with Crippen molar-refractivity contribution in [2.24, 2.45) is 4.99 Å². The number of morpholine rings is 1. The number of aromatic nitrogens is 1. The van der Waals surface area contributed by atoms with Gasteiger partial charge in [-0.25, -0.2) is 9.67 Å². The van der Waals surface area contributed by atoms with Crippen molar-refractivity contribution < 1.29 is 9.66 Å². The molecule has 0 N–H and O–H groups in total. The number of nitrogens with zero attached hydrogens (tertiary/aromatic N) is 4. The fourth-order valence-electron chi connectivity index (χ4n) is 3.17. The Labute approximate surface area is 166 Å². The molecule has 1 saturated heterocycles. The van der Waals surface area contributed by atoms with Gasteiger partial charge in [-0.05, 0) is 18.6 Å². The van der Waals surface area contributed by atoms with E-state index in [9.17, 15) is 10.1 Å². The SMILES string of the molecule is Cc1ccccc1N=c1scc(-c2cccc([N+](=O)[O-])c2)n1N1CCOCC1. The van der Waals surface area contributed by atoms with Crippen LogP contribution in [0.3, 0.4) is 0 Å². The first-order chi connectivity index (χ1) is 13.6. The Bertz CT molecular complexity index is 1070. The third-order valence-corrected chi connectivity index (χ3v) is 5.46. The lowest BCUT2D eigenvalue weighted by Gasteiger charge is -2.31. The molecule has 0 bridgehead atoms. The first-order valence-corrected chi connectivity index (χ1v) is 9.90. The number of non-ortho nitro benzene ring substituents is 1. The lowest BCUT2D eigenvalue weighted by atomic mass is 10.1. The van der Waals surface area contributed by atoms with Gasteiger partial charge in [0.15, 0.2) is 0 Å². The Morgan fingerprint density at radius 2 is 1.93 bits per heavy atom. The molecule has 0 amide bonds. The van der Waals surface area contributed by atoms with Gasteiger partial charge in [0.25, 0.3) is 5.69 Å². The van der Waals surface area contributed by atoms with E-state index in [2.05, 4.69) is 9.69 Å². The van der Waals surface area contributed by atoms with Gasteiger partial charge in [0, 0.05) is 23.1 Å². The first-order valence-electron chi connectivity index (χ1n) is 9.02. The molecule has 3 aromatic rings. The van der Waals surface area contributed by atoms with Crippen LogP contribution in [0.4, 0.5) is 11.4 Å². The number of nitro groups is 1. The summed E-state index contributed by atoms with van der Waals surface area (Å²) in [5.41, 5.74) is 3.78. The van der Waals surface area contributed by atoms with Crippen molar-refractivity contribution in [2.75, 3.05) is 31.3 Å². The van der Waals surface area contributed by atoms with Gasteiger partial charge in [-0.3, -0.25) is 10.1 Å². The Balaban J connectivity index is 1.88. The van der Waals surface area contributed by atoms with Gasteiger partial charge in [0.1, 0.15) is 0 Å². The largest absolute Gasteiger partial charge is 0.378 e. The number of rotatable bonds is 4. The predicted octanol–water partition coefficient (Wildman–Crippen LogP) is 3.63. The zero-order valence-corrected chi connectivity index (χ0v) is 16.3. The minimum atomic E-state index is -0.368. The fourth-order valence-corrected chi connectivity index (χ4v) is 4.09. The van der Waals surface area contributed by atoms with E-state index in [1.807, 2.05) is 42.6 Å². The molecule has 1 fully saturated rings. The summed E-state index contributed by atoms with van der Waals surface area (Å²) in [7, 11) is 0. The van der Waals surface area contributed by atoms with E-state index in [0.29, 0.717) is 13.2 Å². The second-order valence-electron chi connectivity index (χ2n) is 6.49. The molecule has 1 aromatic heterocycles. The van der Waals surface area contributed by atoms with Crippen LogP contribution in [0.25, 0.3) is 11.3 Å². The average Bonchev–Trinajstić information content (AvgIpc) is 3.14. The van der Waals surface area contributed by atoms with Crippen molar-refractivity contribution in [3.05, 3.63) is 74.4 Å². The van der Waals surface area contributed by atoms with Gasteiger partial charge in [0.2, 0.25) is 4.80 Å². The summed E-state index contributed by atoms with van der Waals surface area (Å²) < 4.78 is 7.57. The molecule has 2 heterocycles. The number of aryl methyl sites for hydroxylation is 1. The van der Waals surface area contributed by atoms with Gasteiger partial charge in [0.05, 0.1) is 42.6 Å². The molecule has 0 radical (unpaired) electrons. The van der Waals surface area contributed by atoms with Crippen molar-refractivity contribution in [3.63, 3.8) is 0 Å².